The van der Waals surface area contributed by atoms with Gasteiger partial charge in [-0.15, -0.1) is 5.10 Å². The second kappa shape index (κ2) is 7.65. The summed E-state index contributed by atoms with van der Waals surface area (Å²) in [5.74, 6) is -1.39. The van der Waals surface area contributed by atoms with Crippen LogP contribution in [-0.2, 0) is 9.59 Å². The van der Waals surface area contributed by atoms with Crippen molar-refractivity contribution in [1.29, 1.82) is 0 Å². The molecule has 0 bridgehead atoms. The van der Waals surface area contributed by atoms with E-state index in [0.29, 0.717) is 5.17 Å². The molecule has 0 saturated carbocycles. The highest BCUT2D eigenvalue weighted by atomic mass is 32.2. The number of hydrogen-bond donors (Lipinski definition) is 2. The summed E-state index contributed by atoms with van der Waals surface area (Å²) in [6, 6.07) is 15.6. The number of carboxylic acids is 1. The van der Waals surface area contributed by atoms with Gasteiger partial charge in [0.25, 0.3) is 0 Å². The average molecular weight is 393 g/mol. The van der Waals surface area contributed by atoms with Gasteiger partial charge >= 0.3 is 5.97 Å². The van der Waals surface area contributed by atoms with E-state index >= 15 is 0 Å². The van der Waals surface area contributed by atoms with Crippen LogP contribution in [0.25, 0.3) is 16.7 Å². The van der Waals surface area contributed by atoms with E-state index in [1.807, 2.05) is 53.1 Å². The molecule has 1 saturated heterocycles. The van der Waals surface area contributed by atoms with E-state index in [1.165, 1.54) is 0 Å². The van der Waals surface area contributed by atoms with Crippen molar-refractivity contribution in [3.63, 3.8) is 0 Å². The first-order valence-corrected chi connectivity index (χ1v) is 9.31. The van der Waals surface area contributed by atoms with Gasteiger partial charge in [0.2, 0.25) is 5.91 Å². The summed E-state index contributed by atoms with van der Waals surface area (Å²) < 4.78 is 2.00. The van der Waals surface area contributed by atoms with Crippen molar-refractivity contribution >= 4 is 46.1 Å². The zero-order chi connectivity index (χ0) is 19.5. The lowest BCUT2D eigenvalue weighted by atomic mass is 10.2. The first-order chi connectivity index (χ1) is 13.6. The summed E-state index contributed by atoms with van der Waals surface area (Å²) >= 11 is 1.07. The number of carboxylic acid groups (broad SMARTS) is 1. The lowest BCUT2D eigenvalue weighted by molar-refractivity contribution is -0.138. The van der Waals surface area contributed by atoms with Gasteiger partial charge in [-0.05, 0) is 29.8 Å². The van der Waals surface area contributed by atoms with E-state index < -0.39 is 11.2 Å². The van der Waals surface area contributed by atoms with Crippen LogP contribution in [0.15, 0.2) is 65.1 Å². The first-order valence-electron chi connectivity index (χ1n) is 8.43. The first kappa shape index (κ1) is 17.9. The molecule has 1 aliphatic rings. The Labute approximate surface area is 164 Å². The largest absolute Gasteiger partial charge is 0.481 e. The Bertz CT molecular complexity index is 1100. The molecule has 4 rings (SSSR count). The van der Waals surface area contributed by atoms with Crippen LogP contribution in [0.2, 0.25) is 0 Å². The van der Waals surface area contributed by atoms with Gasteiger partial charge in [-0.1, -0.05) is 36.0 Å². The smallest absolute Gasteiger partial charge is 0.305 e. The number of rotatable bonds is 5. The number of carbonyl (C=O) groups excluding carboxylic acids is 1. The maximum atomic E-state index is 11.7. The van der Waals surface area contributed by atoms with Crippen LogP contribution in [0.1, 0.15) is 12.0 Å². The molecule has 140 valence electrons. The molecule has 1 atom stereocenters. The Balaban J connectivity index is 1.45. The molecule has 2 aromatic carbocycles. The minimum atomic E-state index is -1.02. The van der Waals surface area contributed by atoms with Crippen molar-refractivity contribution in [1.82, 2.24) is 14.9 Å². The molecule has 3 aromatic rings. The van der Waals surface area contributed by atoms with Crippen molar-refractivity contribution in [2.24, 2.45) is 10.2 Å². The Morgan fingerprint density at radius 1 is 1.25 bits per heavy atom. The predicted octanol–water partition coefficient (Wildman–Crippen LogP) is 2.42. The van der Waals surface area contributed by atoms with E-state index in [9.17, 15) is 9.59 Å². The molecule has 2 N–H and O–H groups in total. The number of benzene rings is 2. The van der Waals surface area contributed by atoms with Crippen LogP contribution in [0.3, 0.4) is 0 Å². The Morgan fingerprint density at radius 3 is 2.82 bits per heavy atom. The molecule has 2 heterocycles. The Kier molecular flexibility index (Phi) is 4.90. The normalized spacial score (nSPS) is 18.2. The molecule has 1 aliphatic heterocycles. The van der Waals surface area contributed by atoms with Crippen molar-refractivity contribution in [2.45, 2.75) is 11.7 Å². The summed E-state index contributed by atoms with van der Waals surface area (Å²) in [5.41, 5.74) is 3.78. The van der Waals surface area contributed by atoms with Crippen LogP contribution in [0.5, 0.6) is 0 Å². The van der Waals surface area contributed by atoms with Crippen LogP contribution in [0, 0.1) is 0 Å². The number of amides is 1. The fourth-order valence-electron chi connectivity index (χ4n) is 2.78. The number of thioether (sulfide) groups is 1. The number of amidine groups is 1. The van der Waals surface area contributed by atoms with E-state index in [1.54, 1.807) is 12.5 Å². The molecule has 1 aromatic heterocycles. The fourth-order valence-corrected chi connectivity index (χ4v) is 3.69. The zero-order valence-electron chi connectivity index (χ0n) is 14.5. The SMILES string of the molecule is O=C(O)CC1SC(=NN=Cc2ccc(-n3cnc4ccccc43)cc2)NC1=O. The quantitative estimate of drug-likeness (QED) is 0.511. The molecule has 1 unspecified atom stereocenters. The summed E-state index contributed by atoms with van der Waals surface area (Å²) in [5, 5.41) is 18.9. The topological polar surface area (TPSA) is 109 Å². The predicted molar refractivity (Wildman–Crippen MR) is 108 cm³/mol. The van der Waals surface area contributed by atoms with Gasteiger partial charge in [0.1, 0.15) is 11.6 Å². The zero-order valence-corrected chi connectivity index (χ0v) is 15.3. The summed E-state index contributed by atoms with van der Waals surface area (Å²) in [6.07, 6.45) is 3.11. The molecule has 0 aliphatic carbocycles. The molecule has 0 radical (unpaired) electrons. The molecule has 8 nitrogen and oxygen atoms in total. The van der Waals surface area contributed by atoms with Crippen LogP contribution >= 0.6 is 11.8 Å². The number of hydrogen-bond acceptors (Lipinski definition) is 6. The van der Waals surface area contributed by atoms with E-state index in [0.717, 1.165) is 34.0 Å². The van der Waals surface area contributed by atoms with Crippen molar-refractivity contribution in [3.8, 4) is 5.69 Å². The van der Waals surface area contributed by atoms with E-state index in [4.69, 9.17) is 5.11 Å². The third kappa shape index (κ3) is 3.79. The lowest BCUT2D eigenvalue weighted by Crippen LogP contribution is -2.26. The average Bonchev–Trinajstić information content (AvgIpc) is 3.26. The number of carbonyl (C=O) groups is 2. The third-order valence-electron chi connectivity index (χ3n) is 4.12. The maximum absolute atomic E-state index is 11.7. The van der Waals surface area contributed by atoms with Crippen molar-refractivity contribution in [3.05, 3.63) is 60.4 Å². The number of fused-ring (bicyclic) bond motifs is 1. The Morgan fingerprint density at radius 2 is 2.04 bits per heavy atom. The van der Waals surface area contributed by atoms with Gasteiger partial charge in [0, 0.05) is 5.69 Å². The monoisotopic (exact) mass is 393 g/mol. The van der Waals surface area contributed by atoms with E-state index in [2.05, 4.69) is 20.5 Å². The van der Waals surface area contributed by atoms with Gasteiger partial charge in [-0.3, -0.25) is 14.2 Å². The number of imidazole rings is 1. The van der Waals surface area contributed by atoms with Crippen LogP contribution in [0.4, 0.5) is 0 Å². The van der Waals surface area contributed by atoms with Crippen molar-refractivity contribution < 1.29 is 14.7 Å². The minimum Gasteiger partial charge on any atom is -0.481 e. The molecular weight excluding hydrogens is 378 g/mol. The Hall–Kier alpha value is -3.46. The van der Waals surface area contributed by atoms with Crippen LogP contribution < -0.4 is 5.32 Å². The molecule has 1 fully saturated rings. The minimum absolute atomic E-state index is 0.246. The summed E-state index contributed by atoms with van der Waals surface area (Å²) in [4.78, 5) is 26.8. The van der Waals surface area contributed by atoms with Gasteiger partial charge < -0.3 is 10.4 Å². The molecule has 0 spiro atoms. The fraction of sp³-hybridized carbons (Fsp3) is 0.105. The summed E-state index contributed by atoms with van der Waals surface area (Å²) in [6.45, 7) is 0. The molecular formula is C19H15N5O3S. The number of nitrogens with zero attached hydrogens (tertiary/aromatic N) is 4. The molecule has 1 amide bonds. The van der Waals surface area contributed by atoms with Gasteiger partial charge in [0.15, 0.2) is 5.17 Å². The highest BCUT2D eigenvalue weighted by Gasteiger charge is 2.32. The van der Waals surface area contributed by atoms with Gasteiger partial charge in [0.05, 0.1) is 23.7 Å². The maximum Gasteiger partial charge on any atom is 0.305 e. The second-order valence-electron chi connectivity index (χ2n) is 6.04. The highest BCUT2D eigenvalue weighted by Crippen LogP contribution is 2.22. The second-order valence-corrected chi connectivity index (χ2v) is 7.23. The third-order valence-corrected chi connectivity index (χ3v) is 5.19. The van der Waals surface area contributed by atoms with E-state index in [-0.39, 0.29) is 12.3 Å². The van der Waals surface area contributed by atoms with Gasteiger partial charge in [-0.2, -0.15) is 5.10 Å². The molecule has 28 heavy (non-hydrogen) atoms. The highest BCUT2D eigenvalue weighted by molar-refractivity contribution is 8.15. The number of para-hydroxylation sites is 2. The van der Waals surface area contributed by atoms with Gasteiger partial charge in [-0.25, -0.2) is 4.98 Å². The number of nitrogens with one attached hydrogen (secondary N) is 1. The van der Waals surface area contributed by atoms with Crippen molar-refractivity contribution in [2.75, 3.05) is 0 Å². The molecule has 9 heteroatoms. The summed E-state index contributed by atoms with van der Waals surface area (Å²) in [7, 11) is 0. The van der Waals surface area contributed by atoms with Crippen LogP contribution in [-0.4, -0.2) is 43.2 Å². The number of aliphatic carboxylic acids is 1. The standard InChI is InChI=1S/C19H15N5O3S/c25-17(26)9-16-18(27)22-19(28-16)23-21-10-12-5-7-13(8-6-12)24-11-20-14-3-1-2-4-15(14)24/h1-8,10-11,16H,9H2,(H,25,26)(H,22,23,27). The lowest BCUT2D eigenvalue weighted by Gasteiger charge is -2.04. The number of aromatic nitrogens is 2.